The molecule has 0 spiro atoms. The molecular formula is C15H21N5O3S2. The van der Waals surface area contributed by atoms with Crippen molar-refractivity contribution in [1.29, 1.82) is 0 Å². The summed E-state index contributed by atoms with van der Waals surface area (Å²) >= 11 is 1.42. The Bertz CT molecular complexity index is 852. The Labute approximate surface area is 151 Å². The highest BCUT2D eigenvalue weighted by molar-refractivity contribution is 7.89. The number of aryl methyl sites for hydroxylation is 2. The highest BCUT2D eigenvalue weighted by atomic mass is 32.2. The van der Waals surface area contributed by atoms with Gasteiger partial charge in [-0.2, -0.15) is 8.68 Å². The molecule has 0 aromatic carbocycles. The lowest BCUT2D eigenvalue weighted by molar-refractivity contribution is 0.389. The van der Waals surface area contributed by atoms with Gasteiger partial charge >= 0.3 is 0 Å². The van der Waals surface area contributed by atoms with Crippen LogP contribution in [-0.2, 0) is 10.0 Å². The van der Waals surface area contributed by atoms with Crippen LogP contribution in [0, 0.1) is 13.8 Å². The molecule has 2 fully saturated rings. The van der Waals surface area contributed by atoms with Crippen LogP contribution in [0.4, 0.5) is 5.13 Å². The van der Waals surface area contributed by atoms with Crippen LogP contribution in [0.25, 0.3) is 0 Å². The van der Waals surface area contributed by atoms with E-state index in [0.29, 0.717) is 37.0 Å². The van der Waals surface area contributed by atoms with Crippen molar-refractivity contribution in [3.63, 3.8) is 0 Å². The zero-order valence-electron chi connectivity index (χ0n) is 14.3. The van der Waals surface area contributed by atoms with E-state index in [1.54, 1.807) is 13.8 Å². The lowest BCUT2D eigenvalue weighted by Crippen LogP contribution is -2.35. The topological polar surface area (TPSA) is 92.4 Å². The van der Waals surface area contributed by atoms with Gasteiger partial charge in [-0.1, -0.05) is 5.16 Å². The first-order valence-electron chi connectivity index (χ1n) is 8.48. The van der Waals surface area contributed by atoms with Gasteiger partial charge in [-0.3, -0.25) is 0 Å². The predicted octanol–water partition coefficient (Wildman–Crippen LogP) is 1.92. The van der Waals surface area contributed by atoms with E-state index in [1.165, 1.54) is 28.7 Å². The number of sulfonamides is 1. The lowest BCUT2D eigenvalue weighted by Gasteiger charge is -2.21. The average Bonchev–Trinajstić information content (AvgIpc) is 3.28. The summed E-state index contributed by atoms with van der Waals surface area (Å²) < 4.78 is 37.0. The highest BCUT2D eigenvalue weighted by Gasteiger charge is 2.33. The Hall–Kier alpha value is -1.52. The second kappa shape index (κ2) is 6.33. The first-order chi connectivity index (χ1) is 12.0. The van der Waals surface area contributed by atoms with Crippen LogP contribution in [0.5, 0.6) is 0 Å². The van der Waals surface area contributed by atoms with Crippen molar-refractivity contribution in [3.8, 4) is 0 Å². The van der Waals surface area contributed by atoms with E-state index in [9.17, 15) is 8.42 Å². The summed E-state index contributed by atoms with van der Waals surface area (Å²) in [6.45, 7) is 5.60. The van der Waals surface area contributed by atoms with Crippen molar-refractivity contribution in [2.24, 2.45) is 0 Å². The van der Waals surface area contributed by atoms with Crippen LogP contribution in [0.15, 0.2) is 9.42 Å². The number of aromatic nitrogens is 3. The molecule has 0 atom stereocenters. The molecule has 2 aliphatic rings. The SMILES string of the molecule is Cc1noc(C)c1S(=O)(=O)N1CCCN(c2nc(C3CC3)ns2)CC1. The van der Waals surface area contributed by atoms with Crippen molar-refractivity contribution in [1.82, 2.24) is 18.8 Å². The predicted molar refractivity (Wildman–Crippen MR) is 93.4 cm³/mol. The number of nitrogens with zero attached hydrogens (tertiary/aromatic N) is 5. The van der Waals surface area contributed by atoms with Crippen LogP contribution in [0.3, 0.4) is 0 Å². The van der Waals surface area contributed by atoms with Gasteiger partial charge in [-0.05, 0) is 33.1 Å². The molecule has 1 aliphatic heterocycles. The van der Waals surface area contributed by atoms with Gasteiger partial charge in [-0.15, -0.1) is 0 Å². The normalized spacial score (nSPS) is 20.0. The van der Waals surface area contributed by atoms with Gasteiger partial charge < -0.3 is 9.42 Å². The van der Waals surface area contributed by atoms with Crippen molar-refractivity contribution < 1.29 is 12.9 Å². The Morgan fingerprint density at radius 1 is 1.16 bits per heavy atom. The number of rotatable bonds is 4. The van der Waals surface area contributed by atoms with Gasteiger partial charge in [0.2, 0.25) is 15.2 Å². The molecule has 0 radical (unpaired) electrons. The van der Waals surface area contributed by atoms with E-state index in [4.69, 9.17) is 4.52 Å². The summed E-state index contributed by atoms with van der Waals surface area (Å²) in [7, 11) is -3.59. The molecule has 0 N–H and O–H groups in total. The molecule has 2 aromatic heterocycles. The van der Waals surface area contributed by atoms with Crippen molar-refractivity contribution >= 4 is 26.7 Å². The molecule has 3 heterocycles. The molecule has 136 valence electrons. The smallest absolute Gasteiger partial charge is 0.248 e. The fourth-order valence-corrected chi connectivity index (χ4v) is 5.72. The Morgan fingerprint density at radius 2 is 1.96 bits per heavy atom. The molecule has 8 nitrogen and oxygen atoms in total. The Balaban J connectivity index is 1.50. The quantitative estimate of drug-likeness (QED) is 0.796. The van der Waals surface area contributed by atoms with Crippen LogP contribution in [0.1, 0.15) is 42.5 Å². The summed E-state index contributed by atoms with van der Waals surface area (Å²) in [5.41, 5.74) is 0.414. The van der Waals surface area contributed by atoms with E-state index in [2.05, 4.69) is 19.4 Å². The molecule has 25 heavy (non-hydrogen) atoms. The second-order valence-corrected chi connectivity index (χ2v) is 9.21. The van der Waals surface area contributed by atoms with Gasteiger partial charge in [0, 0.05) is 43.6 Å². The molecule has 0 amide bonds. The summed E-state index contributed by atoms with van der Waals surface area (Å²) in [6.07, 6.45) is 3.11. The molecule has 10 heteroatoms. The van der Waals surface area contributed by atoms with E-state index in [0.717, 1.165) is 23.9 Å². The molecule has 4 rings (SSSR count). The average molecular weight is 383 g/mol. The first-order valence-corrected chi connectivity index (χ1v) is 10.7. The third-order valence-electron chi connectivity index (χ3n) is 4.66. The summed E-state index contributed by atoms with van der Waals surface area (Å²) in [6, 6.07) is 0. The third-order valence-corrected chi connectivity index (χ3v) is 7.60. The van der Waals surface area contributed by atoms with E-state index >= 15 is 0 Å². The number of anilines is 1. The van der Waals surface area contributed by atoms with Gasteiger partial charge in [0.25, 0.3) is 0 Å². The van der Waals surface area contributed by atoms with Gasteiger partial charge in [0.15, 0.2) is 5.76 Å². The zero-order chi connectivity index (χ0) is 17.6. The molecule has 1 aliphatic carbocycles. The maximum Gasteiger partial charge on any atom is 0.248 e. The fourth-order valence-electron chi connectivity index (χ4n) is 3.16. The highest BCUT2D eigenvalue weighted by Crippen LogP contribution is 2.39. The zero-order valence-corrected chi connectivity index (χ0v) is 15.9. The Morgan fingerprint density at radius 3 is 2.64 bits per heavy atom. The minimum absolute atomic E-state index is 0.202. The molecule has 2 aromatic rings. The van der Waals surface area contributed by atoms with Crippen molar-refractivity contribution in [3.05, 3.63) is 17.3 Å². The van der Waals surface area contributed by atoms with Crippen molar-refractivity contribution in [2.45, 2.75) is 43.9 Å². The molecule has 0 bridgehead atoms. The van der Waals surface area contributed by atoms with Gasteiger partial charge in [-0.25, -0.2) is 13.4 Å². The maximum absolute atomic E-state index is 13.0. The van der Waals surface area contributed by atoms with Gasteiger partial charge in [0.1, 0.15) is 16.4 Å². The number of hydrogen-bond acceptors (Lipinski definition) is 8. The molecular weight excluding hydrogens is 362 g/mol. The van der Waals surface area contributed by atoms with Crippen LogP contribution >= 0.6 is 11.5 Å². The van der Waals surface area contributed by atoms with Crippen LogP contribution in [-0.4, -0.2) is 53.4 Å². The van der Waals surface area contributed by atoms with Gasteiger partial charge in [0.05, 0.1) is 0 Å². The minimum Gasteiger partial charge on any atom is -0.360 e. The van der Waals surface area contributed by atoms with E-state index in [1.807, 2.05) is 0 Å². The molecule has 0 unspecified atom stereocenters. The van der Waals surface area contributed by atoms with E-state index < -0.39 is 10.0 Å². The van der Waals surface area contributed by atoms with Crippen LogP contribution < -0.4 is 4.90 Å². The van der Waals surface area contributed by atoms with Crippen molar-refractivity contribution in [2.75, 3.05) is 31.1 Å². The standard InChI is InChI=1S/C15H21N5O3S2/c1-10-13(11(2)23-17-10)25(21,22)20-7-3-6-19(8-9-20)15-16-14(18-24-15)12-4-5-12/h12H,3-9H2,1-2H3. The summed E-state index contributed by atoms with van der Waals surface area (Å²) in [5, 5.41) is 4.68. The minimum atomic E-state index is -3.59. The largest absolute Gasteiger partial charge is 0.360 e. The monoisotopic (exact) mass is 383 g/mol. The third kappa shape index (κ3) is 3.18. The lowest BCUT2D eigenvalue weighted by atomic mass is 10.4. The molecule has 1 saturated carbocycles. The number of hydrogen-bond donors (Lipinski definition) is 0. The molecule has 1 saturated heterocycles. The first kappa shape index (κ1) is 16.9. The van der Waals surface area contributed by atoms with E-state index in [-0.39, 0.29) is 4.90 Å². The maximum atomic E-state index is 13.0. The second-order valence-electron chi connectivity index (χ2n) is 6.61. The summed E-state index contributed by atoms with van der Waals surface area (Å²) in [5.74, 6) is 1.83. The van der Waals surface area contributed by atoms with Crippen LogP contribution in [0.2, 0.25) is 0 Å². The summed E-state index contributed by atoms with van der Waals surface area (Å²) in [4.78, 5) is 6.99. The Kier molecular flexibility index (Phi) is 4.28. The fraction of sp³-hybridized carbons (Fsp3) is 0.667.